The maximum Gasteiger partial charge on any atom is 0.0662 e. The van der Waals surface area contributed by atoms with Gasteiger partial charge in [0.05, 0.1) is 8.07 Å². The van der Waals surface area contributed by atoms with Crippen molar-refractivity contribution in [2.75, 3.05) is 0 Å². The van der Waals surface area contributed by atoms with Crippen molar-refractivity contribution in [2.45, 2.75) is 148 Å². The highest BCUT2D eigenvalue weighted by Crippen LogP contribution is 2.20. The summed E-state index contributed by atoms with van der Waals surface area (Å²) in [6, 6.07) is 1.43. The van der Waals surface area contributed by atoms with Crippen molar-refractivity contribution in [3.63, 3.8) is 0 Å². The highest BCUT2D eigenvalue weighted by atomic mass is 28.3. The second-order valence-corrected chi connectivity index (χ2v) is 14.3. The average molecular weight is 370 g/mol. The predicted octanol–water partition coefficient (Wildman–Crippen LogP) is 8.23. The molecule has 2 N–H and O–H groups in total. The van der Waals surface area contributed by atoms with Crippen LogP contribution < -0.4 is 5.73 Å². The monoisotopic (exact) mass is 369 g/mol. The van der Waals surface area contributed by atoms with Gasteiger partial charge in [0.1, 0.15) is 0 Å². The van der Waals surface area contributed by atoms with Crippen molar-refractivity contribution in [2.24, 2.45) is 5.73 Å². The van der Waals surface area contributed by atoms with Crippen LogP contribution in [-0.4, -0.2) is 13.7 Å². The van der Waals surface area contributed by atoms with Gasteiger partial charge in [0, 0.05) is 0 Å². The SMILES string of the molecule is CCCCCCCCCCCCCCCCCC[Si](C)(C)C(N)CC. The van der Waals surface area contributed by atoms with Gasteiger partial charge in [0.15, 0.2) is 0 Å². The number of hydrogen-bond acceptors (Lipinski definition) is 1. The van der Waals surface area contributed by atoms with Gasteiger partial charge in [0.25, 0.3) is 0 Å². The van der Waals surface area contributed by atoms with E-state index in [1.54, 1.807) is 0 Å². The molecule has 2 heteroatoms. The van der Waals surface area contributed by atoms with Crippen LogP contribution in [0.4, 0.5) is 0 Å². The molecule has 0 aromatic heterocycles. The van der Waals surface area contributed by atoms with Crippen molar-refractivity contribution < 1.29 is 0 Å². The molecule has 1 unspecified atom stereocenters. The molecule has 0 aliphatic carbocycles. The minimum atomic E-state index is -1.14. The van der Waals surface area contributed by atoms with Crippen LogP contribution in [0.25, 0.3) is 0 Å². The molecule has 0 saturated heterocycles. The maximum absolute atomic E-state index is 6.28. The van der Waals surface area contributed by atoms with Gasteiger partial charge in [0.2, 0.25) is 0 Å². The summed E-state index contributed by atoms with van der Waals surface area (Å²) in [5.74, 6) is 0. The molecule has 0 radical (unpaired) electrons. The van der Waals surface area contributed by atoms with Crippen molar-refractivity contribution in [1.82, 2.24) is 0 Å². The number of nitrogens with two attached hydrogens (primary N) is 1. The first-order valence-corrected chi connectivity index (χ1v) is 15.1. The van der Waals surface area contributed by atoms with Crippen LogP contribution in [0, 0.1) is 0 Å². The fraction of sp³-hybridized carbons (Fsp3) is 1.00. The van der Waals surface area contributed by atoms with E-state index in [1.165, 1.54) is 109 Å². The van der Waals surface area contributed by atoms with Crippen LogP contribution in [0.15, 0.2) is 0 Å². The maximum atomic E-state index is 6.28. The van der Waals surface area contributed by atoms with Crippen molar-refractivity contribution in [3.8, 4) is 0 Å². The second-order valence-electron chi connectivity index (χ2n) is 9.06. The Kier molecular flexibility index (Phi) is 17.7. The predicted molar refractivity (Wildman–Crippen MR) is 120 cm³/mol. The molecule has 0 fully saturated rings. The largest absolute Gasteiger partial charge is 0.330 e. The van der Waals surface area contributed by atoms with Crippen molar-refractivity contribution >= 4 is 8.07 Å². The van der Waals surface area contributed by atoms with Gasteiger partial charge >= 0.3 is 0 Å². The molecular weight excluding hydrogens is 318 g/mol. The highest BCUT2D eigenvalue weighted by Gasteiger charge is 2.26. The van der Waals surface area contributed by atoms with E-state index in [0.717, 1.165) is 6.42 Å². The number of unbranched alkanes of at least 4 members (excludes halogenated alkanes) is 15. The molecule has 1 atom stereocenters. The van der Waals surface area contributed by atoms with Crippen LogP contribution >= 0.6 is 0 Å². The zero-order valence-corrected chi connectivity index (χ0v) is 19.4. The topological polar surface area (TPSA) is 26.0 Å². The molecule has 1 nitrogen and oxygen atoms in total. The average Bonchev–Trinajstić information content (AvgIpc) is 2.60. The summed E-state index contributed by atoms with van der Waals surface area (Å²) in [5.41, 5.74) is 6.78. The Morgan fingerprint density at radius 3 is 1.20 bits per heavy atom. The van der Waals surface area contributed by atoms with Crippen molar-refractivity contribution in [3.05, 3.63) is 0 Å². The van der Waals surface area contributed by atoms with E-state index in [4.69, 9.17) is 5.73 Å². The summed E-state index contributed by atoms with van der Waals surface area (Å²) >= 11 is 0. The lowest BCUT2D eigenvalue weighted by atomic mass is 10.0. The molecule has 0 saturated carbocycles. The van der Waals surface area contributed by atoms with Crippen LogP contribution in [0.2, 0.25) is 19.1 Å². The van der Waals surface area contributed by atoms with E-state index >= 15 is 0 Å². The first kappa shape index (κ1) is 25.2. The van der Waals surface area contributed by atoms with E-state index in [1.807, 2.05) is 0 Å². The number of rotatable bonds is 19. The third kappa shape index (κ3) is 16.1. The Hall–Kier alpha value is 0.177. The Balaban J connectivity index is 3.19. The summed E-state index contributed by atoms with van der Waals surface area (Å²) < 4.78 is 0. The van der Waals surface area contributed by atoms with Crippen LogP contribution in [-0.2, 0) is 0 Å². The Morgan fingerprint density at radius 1 is 0.560 bits per heavy atom. The molecule has 0 bridgehead atoms. The Morgan fingerprint density at radius 2 is 0.880 bits per heavy atom. The molecule has 0 spiro atoms. The highest BCUT2D eigenvalue weighted by molar-refractivity contribution is 6.78. The smallest absolute Gasteiger partial charge is 0.0662 e. The van der Waals surface area contributed by atoms with E-state index in [-0.39, 0.29) is 0 Å². The zero-order chi connectivity index (χ0) is 18.8. The third-order valence-corrected chi connectivity index (χ3v) is 10.2. The molecule has 0 aliphatic rings. The molecule has 0 aromatic carbocycles. The lowest BCUT2D eigenvalue weighted by Gasteiger charge is -2.28. The van der Waals surface area contributed by atoms with E-state index in [9.17, 15) is 0 Å². The molecule has 25 heavy (non-hydrogen) atoms. The summed E-state index contributed by atoms with van der Waals surface area (Å²) in [7, 11) is -1.14. The molecule has 0 aliphatic heterocycles. The lowest BCUT2D eigenvalue weighted by molar-refractivity contribution is 0.531. The normalized spacial score (nSPS) is 13.3. The minimum absolute atomic E-state index is 0.504. The summed E-state index contributed by atoms with van der Waals surface area (Å²) in [6.45, 7) is 9.50. The fourth-order valence-electron chi connectivity index (χ4n) is 3.87. The van der Waals surface area contributed by atoms with Gasteiger partial charge in [-0.1, -0.05) is 136 Å². The molecule has 152 valence electrons. The second kappa shape index (κ2) is 17.6. The first-order valence-electron chi connectivity index (χ1n) is 11.8. The Labute approximate surface area is 161 Å². The van der Waals surface area contributed by atoms with Gasteiger partial charge in [-0.3, -0.25) is 0 Å². The van der Waals surface area contributed by atoms with E-state index < -0.39 is 8.07 Å². The van der Waals surface area contributed by atoms with Gasteiger partial charge in [-0.2, -0.15) is 0 Å². The van der Waals surface area contributed by atoms with Crippen LogP contribution in [0.5, 0.6) is 0 Å². The summed E-state index contributed by atoms with van der Waals surface area (Å²) in [5, 5.41) is 0. The van der Waals surface area contributed by atoms with Crippen LogP contribution in [0.3, 0.4) is 0 Å². The molecule has 0 amide bonds. The van der Waals surface area contributed by atoms with E-state index in [2.05, 4.69) is 26.9 Å². The molecule has 0 aromatic rings. The summed E-state index contributed by atoms with van der Waals surface area (Å²) in [6.07, 6.45) is 24.5. The summed E-state index contributed by atoms with van der Waals surface area (Å²) in [4.78, 5) is 0. The fourth-order valence-corrected chi connectivity index (χ4v) is 6.50. The molecule has 0 heterocycles. The standard InChI is InChI=1S/C23H51NSi/c1-5-7-8-9-10-11-12-13-14-15-16-17-18-19-20-21-22-25(3,4)23(24)6-2/h23H,5-22,24H2,1-4H3. The quantitative estimate of drug-likeness (QED) is 0.180. The molecule has 0 rings (SSSR count). The van der Waals surface area contributed by atoms with E-state index in [0.29, 0.717) is 5.67 Å². The van der Waals surface area contributed by atoms with Gasteiger partial charge < -0.3 is 5.73 Å². The molecular formula is C23H51NSi. The number of hydrogen-bond donors (Lipinski definition) is 1. The van der Waals surface area contributed by atoms with Crippen molar-refractivity contribution in [1.29, 1.82) is 0 Å². The minimum Gasteiger partial charge on any atom is -0.330 e. The zero-order valence-electron chi connectivity index (χ0n) is 18.4. The third-order valence-electron chi connectivity index (χ3n) is 6.12. The lowest BCUT2D eigenvalue weighted by Crippen LogP contribution is -2.47. The first-order chi connectivity index (χ1) is 12.0. The van der Waals surface area contributed by atoms with Gasteiger partial charge in [-0.15, -0.1) is 0 Å². The van der Waals surface area contributed by atoms with Gasteiger partial charge in [-0.05, 0) is 12.1 Å². The van der Waals surface area contributed by atoms with Gasteiger partial charge in [-0.25, -0.2) is 0 Å². The Bertz CT molecular complexity index is 265. The van der Waals surface area contributed by atoms with Crippen LogP contribution in [0.1, 0.15) is 123 Å².